The summed E-state index contributed by atoms with van der Waals surface area (Å²) < 4.78 is 23.5. The maximum Gasteiger partial charge on any atom is 0.328 e. The van der Waals surface area contributed by atoms with Crippen molar-refractivity contribution in [3.8, 4) is 0 Å². The number of aliphatic carboxylic acids is 1. The van der Waals surface area contributed by atoms with E-state index in [0.29, 0.717) is 24.1 Å². The molecule has 1 aliphatic rings. The van der Waals surface area contributed by atoms with Crippen LogP contribution in [0.2, 0.25) is 0 Å². The van der Waals surface area contributed by atoms with Gasteiger partial charge in [-0.05, 0) is 49.3 Å². The van der Waals surface area contributed by atoms with E-state index in [1.807, 2.05) is 13.8 Å². The van der Waals surface area contributed by atoms with Crippen LogP contribution in [0.15, 0.2) is 24.3 Å². The summed E-state index contributed by atoms with van der Waals surface area (Å²) in [7, 11) is -3.74. The van der Waals surface area contributed by atoms with Gasteiger partial charge in [-0.2, -0.15) is 0 Å². The van der Waals surface area contributed by atoms with Crippen LogP contribution >= 0.6 is 7.60 Å². The second-order valence-electron chi connectivity index (χ2n) is 12.4. The standard InChI is InChI=1S/C33H54N3O9P/c1-25(2)32(36-30(38)24-44-28-14-10-6-5-7-11-15-28)33(41)34-22-29(37)35-27-19-17-26(18-20-27)23-45-46(42,43)21-13-9-4-3-8-12-16-31(39)40/h17-20,25,28,32H,3-16,21-24H2,1-2H3,(H,34,41)(H,35,37)(H,36,38)(H,39,40)(H,42,43). The Morgan fingerprint density at radius 3 is 2.13 bits per heavy atom. The molecule has 3 amide bonds. The number of rotatable bonds is 21. The van der Waals surface area contributed by atoms with E-state index in [-0.39, 0.29) is 50.3 Å². The van der Waals surface area contributed by atoms with Gasteiger partial charge < -0.3 is 35.2 Å². The van der Waals surface area contributed by atoms with E-state index < -0.39 is 31.4 Å². The summed E-state index contributed by atoms with van der Waals surface area (Å²) in [5.74, 6) is -2.25. The fourth-order valence-corrected chi connectivity index (χ4v) is 6.33. The highest BCUT2D eigenvalue weighted by atomic mass is 31.2. The first kappa shape index (κ1) is 39.4. The van der Waals surface area contributed by atoms with Crippen LogP contribution in [0.4, 0.5) is 5.69 Å². The molecule has 0 aromatic heterocycles. The number of carbonyl (C=O) groups excluding carboxylic acids is 3. The molecule has 5 N–H and O–H groups in total. The van der Waals surface area contributed by atoms with E-state index in [4.69, 9.17) is 14.4 Å². The summed E-state index contributed by atoms with van der Waals surface area (Å²) in [6.07, 6.45) is 12.6. The molecule has 46 heavy (non-hydrogen) atoms. The zero-order chi connectivity index (χ0) is 33.8. The number of carbonyl (C=O) groups is 4. The molecular weight excluding hydrogens is 613 g/mol. The normalized spacial score (nSPS) is 16.1. The van der Waals surface area contributed by atoms with Crippen LogP contribution in [-0.2, 0) is 39.6 Å². The molecule has 0 aliphatic heterocycles. The molecule has 12 nitrogen and oxygen atoms in total. The van der Waals surface area contributed by atoms with Crippen molar-refractivity contribution >= 4 is 37.0 Å². The van der Waals surface area contributed by atoms with Crippen LogP contribution in [0.3, 0.4) is 0 Å². The van der Waals surface area contributed by atoms with E-state index in [2.05, 4.69) is 16.0 Å². The molecule has 1 saturated carbocycles. The van der Waals surface area contributed by atoms with E-state index in [1.165, 1.54) is 19.3 Å². The third-order valence-electron chi connectivity index (χ3n) is 7.94. The van der Waals surface area contributed by atoms with Gasteiger partial charge in [-0.15, -0.1) is 0 Å². The highest BCUT2D eigenvalue weighted by Gasteiger charge is 2.25. The molecule has 2 rings (SSSR count). The van der Waals surface area contributed by atoms with Crippen molar-refractivity contribution in [3.05, 3.63) is 29.8 Å². The molecule has 1 aromatic carbocycles. The van der Waals surface area contributed by atoms with E-state index in [0.717, 1.165) is 51.4 Å². The number of hydrogen-bond acceptors (Lipinski definition) is 7. The van der Waals surface area contributed by atoms with Gasteiger partial charge in [0.15, 0.2) is 0 Å². The van der Waals surface area contributed by atoms with Gasteiger partial charge in [0.2, 0.25) is 17.7 Å². The van der Waals surface area contributed by atoms with Gasteiger partial charge in [-0.3, -0.25) is 23.7 Å². The monoisotopic (exact) mass is 667 g/mol. The minimum Gasteiger partial charge on any atom is -0.481 e. The number of benzene rings is 1. The van der Waals surface area contributed by atoms with Crippen molar-refractivity contribution < 1.29 is 43.0 Å². The molecule has 2 atom stereocenters. The fourth-order valence-electron chi connectivity index (χ4n) is 5.23. The summed E-state index contributed by atoms with van der Waals surface area (Å²) in [6, 6.07) is 5.82. The number of nitrogens with one attached hydrogen (secondary N) is 3. The molecule has 0 saturated heterocycles. The summed E-state index contributed by atoms with van der Waals surface area (Å²) in [5, 5.41) is 16.7. The third-order valence-corrected chi connectivity index (χ3v) is 9.36. The highest BCUT2D eigenvalue weighted by Crippen LogP contribution is 2.43. The summed E-state index contributed by atoms with van der Waals surface area (Å²) in [6.45, 7) is 3.20. The molecule has 1 fully saturated rings. The first-order chi connectivity index (χ1) is 21.9. The van der Waals surface area contributed by atoms with Gasteiger partial charge in [0.05, 0.1) is 19.3 Å². The van der Waals surface area contributed by atoms with Crippen LogP contribution in [0.5, 0.6) is 0 Å². The van der Waals surface area contributed by atoms with Crippen molar-refractivity contribution in [1.82, 2.24) is 10.6 Å². The molecular formula is C33H54N3O9P. The average Bonchev–Trinajstić information content (AvgIpc) is 2.99. The maximum atomic E-state index is 12.8. The number of anilines is 1. The Hall–Kier alpha value is -2.79. The molecule has 0 bridgehead atoms. The molecule has 2 unspecified atom stereocenters. The molecule has 0 spiro atoms. The quantitative estimate of drug-likeness (QED) is 0.0832. The summed E-state index contributed by atoms with van der Waals surface area (Å²) in [5.41, 5.74) is 1.15. The number of carboxylic acids is 1. The van der Waals surface area contributed by atoms with Gasteiger partial charge in [-0.1, -0.05) is 83.8 Å². The topological polar surface area (TPSA) is 180 Å². The minimum atomic E-state index is -3.74. The molecule has 260 valence electrons. The van der Waals surface area contributed by atoms with Crippen LogP contribution in [0.1, 0.15) is 109 Å². The fraction of sp³-hybridized carbons (Fsp3) is 0.697. The Morgan fingerprint density at radius 2 is 1.50 bits per heavy atom. The molecule has 0 radical (unpaired) electrons. The first-order valence-corrected chi connectivity index (χ1v) is 18.5. The second kappa shape index (κ2) is 21.9. The SMILES string of the molecule is CC(C)C(NC(=O)COC1CCCCCCC1)C(=O)NCC(=O)Nc1ccc(COP(=O)(O)CCCCCCCCC(=O)O)cc1. The maximum absolute atomic E-state index is 12.8. The van der Waals surface area contributed by atoms with E-state index >= 15 is 0 Å². The lowest BCUT2D eigenvalue weighted by atomic mass is 9.98. The van der Waals surface area contributed by atoms with Crippen molar-refractivity contribution in [1.29, 1.82) is 0 Å². The largest absolute Gasteiger partial charge is 0.481 e. The third kappa shape index (κ3) is 17.8. The Kier molecular flexibility index (Phi) is 18.8. The van der Waals surface area contributed by atoms with Gasteiger partial charge in [-0.25, -0.2) is 0 Å². The van der Waals surface area contributed by atoms with Gasteiger partial charge in [0.1, 0.15) is 12.6 Å². The van der Waals surface area contributed by atoms with E-state index in [1.54, 1.807) is 24.3 Å². The zero-order valence-electron chi connectivity index (χ0n) is 27.5. The van der Waals surface area contributed by atoms with Crippen LogP contribution in [-0.4, -0.2) is 65.2 Å². The van der Waals surface area contributed by atoms with Gasteiger partial charge in [0, 0.05) is 18.3 Å². The lowest BCUT2D eigenvalue weighted by molar-refractivity contribution is -0.137. The molecule has 0 heterocycles. The van der Waals surface area contributed by atoms with Gasteiger partial charge >= 0.3 is 13.6 Å². The predicted molar refractivity (Wildman–Crippen MR) is 176 cm³/mol. The first-order valence-electron chi connectivity index (χ1n) is 16.7. The molecule has 1 aliphatic carbocycles. The Bertz CT molecular complexity index is 1120. The number of carboxylic acid groups (broad SMARTS) is 1. The van der Waals surface area contributed by atoms with Crippen molar-refractivity contribution in [3.63, 3.8) is 0 Å². The lowest BCUT2D eigenvalue weighted by Gasteiger charge is -2.23. The van der Waals surface area contributed by atoms with Crippen molar-refractivity contribution in [2.75, 3.05) is 24.6 Å². The smallest absolute Gasteiger partial charge is 0.328 e. The predicted octanol–water partition coefficient (Wildman–Crippen LogP) is 5.53. The Morgan fingerprint density at radius 1 is 0.891 bits per heavy atom. The molecule has 1 aromatic rings. The number of ether oxygens (including phenoxy) is 1. The highest BCUT2D eigenvalue weighted by molar-refractivity contribution is 7.52. The van der Waals surface area contributed by atoms with Crippen molar-refractivity contribution in [2.45, 2.75) is 122 Å². The van der Waals surface area contributed by atoms with Crippen LogP contribution in [0.25, 0.3) is 0 Å². The van der Waals surface area contributed by atoms with Crippen LogP contribution in [0, 0.1) is 5.92 Å². The number of hydrogen-bond donors (Lipinski definition) is 5. The zero-order valence-corrected chi connectivity index (χ0v) is 28.4. The van der Waals surface area contributed by atoms with Gasteiger partial charge in [0.25, 0.3) is 0 Å². The lowest BCUT2D eigenvalue weighted by Crippen LogP contribution is -2.51. The molecule has 13 heteroatoms. The average molecular weight is 668 g/mol. The van der Waals surface area contributed by atoms with Crippen LogP contribution < -0.4 is 16.0 Å². The number of amides is 3. The summed E-state index contributed by atoms with van der Waals surface area (Å²) in [4.78, 5) is 58.5. The van der Waals surface area contributed by atoms with E-state index in [9.17, 15) is 28.6 Å². The number of unbranched alkanes of at least 4 members (excludes halogenated alkanes) is 5. The summed E-state index contributed by atoms with van der Waals surface area (Å²) >= 11 is 0. The second-order valence-corrected chi connectivity index (χ2v) is 14.4. The Labute approximate surface area is 273 Å². The minimum absolute atomic E-state index is 0.0532. The van der Waals surface area contributed by atoms with Crippen molar-refractivity contribution in [2.24, 2.45) is 5.92 Å². The Balaban J connectivity index is 1.67.